The van der Waals surface area contributed by atoms with E-state index in [-0.39, 0.29) is 19.0 Å². The Labute approximate surface area is 73.0 Å². The number of nitrogens with zero attached hydrogens (tertiary/aromatic N) is 2. The van der Waals surface area contributed by atoms with Crippen LogP contribution in [-0.2, 0) is 0 Å². The average Bonchev–Trinajstić information content (AvgIpc) is 2.49. The molecule has 0 unspecified atom stereocenters. The van der Waals surface area contributed by atoms with E-state index in [4.69, 9.17) is 0 Å². The molecule has 64 valence electrons. The molecule has 3 nitrogen and oxygen atoms in total. The van der Waals surface area contributed by atoms with Gasteiger partial charge in [0.15, 0.2) is 0 Å². The molecule has 1 saturated heterocycles. The number of likely N-dealkylation sites (tertiary alicyclic amines) is 1. The number of halogens is 1. The highest BCUT2D eigenvalue weighted by Crippen LogP contribution is 2.16. The molecule has 1 aromatic heterocycles. The fourth-order valence-electron chi connectivity index (χ4n) is 1.07. The molecule has 0 aliphatic carbocycles. The minimum Gasteiger partial charge on any atom is -0.332 e. The van der Waals surface area contributed by atoms with Crippen LogP contribution in [0.15, 0.2) is 12.3 Å². The van der Waals surface area contributed by atoms with Crippen molar-refractivity contribution in [1.82, 2.24) is 9.27 Å². The van der Waals surface area contributed by atoms with E-state index in [1.165, 1.54) is 4.90 Å². The maximum absolute atomic E-state index is 12.4. The number of rotatable bonds is 1. The Morgan fingerprint density at radius 3 is 3.00 bits per heavy atom. The molecule has 1 aromatic rings. The van der Waals surface area contributed by atoms with Crippen molar-refractivity contribution >= 4 is 17.4 Å². The molecular weight excluding hydrogens is 179 g/mol. The van der Waals surface area contributed by atoms with Gasteiger partial charge in [0.25, 0.3) is 5.91 Å². The minimum atomic E-state index is -0.832. The van der Waals surface area contributed by atoms with Crippen LogP contribution in [0.25, 0.3) is 0 Å². The van der Waals surface area contributed by atoms with Crippen molar-refractivity contribution in [3.8, 4) is 0 Å². The molecule has 0 aromatic carbocycles. The summed E-state index contributed by atoms with van der Waals surface area (Å²) < 4.78 is 16.2. The number of hydrogen-bond donors (Lipinski definition) is 0. The summed E-state index contributed by atoms with van der Waals surface area (Å²) in [6.07, 6.45) is 0.742. The number of aromatic nitrogens is 1. The number of amides is 1. The van der Waals surface area contributed by atoms with Gasteiger partial charge in [-0.1, -0.05) is 0 Å². The van der Waals surface area contributed by atoms with Gasteiger partial charge in [0.05, 0.1) is 13.1 Å². The molecule has 1 aliphatic heterocycles. The predicted molar refractivity (Wildman–Crippen MR) is 42.9 cm³/mol. The van der Waals surface area contributed by atoms with E-state index in [1.54, 1.807) is 12.3 Å². The van der Waals surface area contributed by atoms with Crippen molar-refractivity contribution in [2.24, 2.45) is 0 Å². The first kappa shape index (κ1) is 7.67. The molecule has 0 atom stereocenters. The standard InChI is InChI=1S/C7H7FN2OS/c8-5-3-10(4-5)7(11)6-1-2-9-12-6/h1-2,5H,3-4H2. The van der Waals surface area contributed by atoms with Gasteiger partial charge in [0.2, 0.25) is 0 Å². The third-order valence-electron chi connectivity index (χ3n) is 1.77. The van der Waals surface area contributed by atoms with Gasteiger partial charge in [-0.25, -0.2) is 8.76 Å². The third kappa shape index (κ3) is 1.20. The van der Waals surface area contributed by atoms with Gasteiger partial charge < -0.3 is 4.90 Å². The van der Waals surface area contributed by atoms with Crippen molar-refractivity contribution in [2.75, 3.05) is 13.1 Å². The molecule has 2 rings (SSSR count). The van der Waals surface area contributed by atoms with Crippen LogP contribution in [0.1, 0.15) is 9.67 Å². The summed E-state index contributed by atoms with van der Waals surface area (Å²) in [6, 6.07) is 1.65. The van der Waals surface area contributed by atoms with Crippen LogP contribution in [-0.4, -0.2) is 34.4 Å². The quantitative estimate of drug-likeness (QED) is 0.654. The zero-order valence-corrected chi connectivity index (χ0v) is 7.05. The third-order valence-corrected chi connectivity index (χ3v) is 2.51. The second-order valence-corrected chi connectivity index (χ2v) is 3.52. The SMILES string of the molecule is O=C(c1ccns1)N1CC(F)C1. The van der Waals surface area contributed by atoms with Crippen molar-refractivity contribution in [1.29, 1.82) is 0 Å². The van der Waals surface area contributed by atoms with E-state index in [0.29, 0.717) is 4.88 Å². The van der Waals surface area contributed by atoms with Crippen LogP contribution in [0.2, 0.25) is 0 Å². The van der Waals surface area contributed by atoms with Crippen molar-refractivity contribution in [3.63, 3.8) is 0 Å². The van der Waals surface area contributed by atoms with Gasteiger partial charge in [0.1, 0.15) is 11.0 Å². The molecule has 1 amide bonds. The molecular formula is C7H7FN2OS. The van der Waals surface area contributed by atoms with Crippen LogP contribution < -0.4 is 0 Å². The first-order chi connectivity index (χ1) is 5.77. The maximum atomic E-state index is 12.4. The summed E-state index contributed by atoms with van der Waals surface area (Å²) in [5.41, 5.74) is 0. The number of carbonyl (C=O) groups excluding carboxylic acids is 1. The highest BCUT2D eigenvalue weighted by atomic mass is 32.1. The first-order valence-corrected chi connectivity index (χ1v) is 4.39. The number of alkyl halides is 1. The zero-order chi connectivity index (χ0) is 8.55. The Bertz CT molecular complexity index is 282. The molecule has 12 heavy (non-hydrogen) atoms. The maximum Gasteiger partial charge on any atom is 0.265 e. The number of carbonyl (C=O) groups is 1. The summed E-state index contributed by atoms with van der Waals surface area (Å²) >= 11 is 1.15. The second-order valence-electron chi connectivity index (χ2n) is 2.68. The molecule has 1 aliphatic rings. The van der Waals surface area contributed by atoms with Gasteiger partial charge >= 0.3 is 0 Å². The average molecular weight is 186 g/mol. The van der Waals surface area contributed by atoms with Crippen LogP contribution in [0.5, 0.6) is 0 Å². The Morgan fingerprint density at radius 2 is 2.50 bits per heavy atom. The summed E-state index contributed by atoms with van der Waals surface area (Å²) in [6.45, 7) is 0.466. The number of hydrogen-bond acceptors (Lipinski definition) is 3. The molecule has 0 radical (unpaired) electrons. The Kier molecular flexibility index (Phi) is 1.80. The largest absolute Gasteiger partial charge is 0.332 e. The van der Waals surface area contributed by atoms with Crippen molar-refractivity contribution in [2.45, 2.75) is 6.17 Å². The van der Waals surface area contributed by atoms with Crippen LogP contribution in [0, 0.1) is 0 Å². The monoisotopic (exact) mass is 186 g/mol. The highest BCUT2D eigenvalue weighted by Gasteiger charge is 2.31. The van der Waals surface area contributed by atoms with E-state index in [0.717, 1.165) is 11.5 Å². The molecule has 2 heterocycles. The summed E-state index contributed by atoms with van der Waals surface area (Å²) in [4.78, 5) is 13.4. The molecule has 5 heteroatoms. The second kappa shape index (κ2) is 2.82. The lowest BCUT2D eigenvalue weighted by molar-refractivity contribution is 0.0405. The highest BCUT2D eigenvalue weighted by molar-refractivity contribution is 7.08. The van der Waals surface area contributed by atoms with Crippen LogP contribution in [0.4, 0.5) is 4.39 Å². The van der Waals surface area contributed by atoms with E-state index in [1.807, 2.05) is 0 Å². The fraction of sp³-hybridized carbons (Fsp3) is 0.429. The van der Waals surface area contributed by atoms with E-state index in [2.05, 4.69) is 4.37 Å². The molecule has 0 spiro atoms. The summed E-state index contributed by atoms with van der Waals surface area (Å²) in [5, 5.41) is 0. The lowest BCUT2D eigenvalue weighted by atomic mass is 10.2. The van der Waals surface area contributed by atoms with Gasteiger partial charge in [-0.2, -0.15) is 0 Å². The Hall–Kier alpha value is -0.970. The predicted octanol–water partition coefficient (Wildman–Crippen LogP) is 0.937. The van der Waals surface area contributed by atoms with E-state index >= 15 is 0 Å². The van der Waals surface area contributed by atoms with Gasteiger partial charge in [0, 0.05) is 6.20 Å². The fourth-order valence-corrected chi connectivity index (χ4v) is 1.64. The molecule has 0 saturated carbocycles. The van der Waals surface area contributed by atoms with Crippen molar-refractivity contribution in [3.05, 3.63) is 17.1 Å². The normalized spacial score (nSPS) is 17.6. The van der Waals surface area contributed by atoms with E-state index in [9.17, 15) is 9.18 Å². The summed E-state index contributed by atoms with van der Waals surface area (Å²) in [5.74, 6) is -0.105. The topological polar surface area (TPSA) is 33.2 Å². The zero-order valence-electron chi connectivity index (χ0n) is 6.24. The Balaban J connectivity index is 2.03. The van der Waals surface area contributed by atoms with Crippen LogP contribution in [0.3, 0.4) is 0 Å². The molecule has 1 fully saturated rings. The lowest BCUT2D eigenvalue weighted by Crippen LogP contribution is -2.51. The lowest BCUT2D eigenvalue weighted by Gasteiger charge is -2.33. The minimum absolute atomic E-state index is 0.105. The van der Waals surface area contributed by atoms with Gasteiger partial charge in [-0.15, -0.1) is 0 Å². The van der Waals surface area contributed by atoms with E-state index < -0.39 is 6.17 Å². The summed E-state index contributed by atoms with van der Waals surface area (Å²) in [7, 11) is 0. The van der Waals surface area contributed by atoms with Crippen LogP contribution >= 0.6 is 11.5 Å². The molecule has 0 bridgehead atoms. The molecule has 0 N–H and O–H groups in total. The van der Waals surface area contributed by atoms with Gasteiger partial charge in [-0.05, 0) is 17.6 Å². The van der Waals surface area contributed by atoms with Gasteiger partial charge in [-0.3, -0.25) is 4.79 Å². The Morgan fingerprint density at radius 1 is 1.75 bits per heavy atom. The van der Waals surface area contributed by atoms with Crippen molar-refractivity contribution < 1.29 is 9.18 Å². The smallest absolute Gasteiger partial charge is 0.265 e. The first-order valence-electron chi connectivity index (χ1n) is 3.61.